The quantitative estimate of drug-likeness (QED) is 0.773. The minimum atomic E-state index is -0.112. The molecular formula is C20H29N3O3. The summed E-state index contributed by atoms with van der Waals surface area (Å²) in [5, 5.41) is 0. The van der Waals surface area contributed by atoms with Crippen molar-refractivity contribution >= 4 is 17.7 Å². The van der Waals surface area contributed by atoms with Crippen LogP contribution in [0.3, 0.4) is 0 Å². The Balaban J connectivity index is 1.49. The molecule has 0 aliphatic carbocycles. The average molecular weight is 359 g/mol. The zero-order chi connectivity index (χ0) is 18.5. The molecular weight excluding hydrogens is 330 g/mol. The maximum Gasteiger partial charge on any atom is 0.309 e. The number of rotatable bonds is 4. The fourth-order valence-electron chi connectivity index (χ4n) is 4.00. The lowest BCUT2D eigenvalue weighted by Crippen LogP contribution is -2.46. The van der Waals surface area contributed by atoms with Crippen LogP contribution in [0.25, 0.3) is 0 Å². The smallest absolute Gasteiger partial charge is 0.309 e. The third kappa shape index (κ3) is 4.17. The molecule has 3 rings (SSSR count). The summed E-state index contributed by atoms with van der Waals surface area (Å²) < 4.78 is 5.10. The predicted octanol–water partition coefficient (Wildman–Crippen LogP) is 2.41. The van der Waals surface area contributed by atoms with Crippen LogP contribution in [0.1, 0.15) is 38.2 Å². The highest BCUT2D eigenvalue weighted by molar-refractivity contribution is 5.80. The minimum absolute atomic E-state index is 0.0482. The second-order valence-corrected chi connectivity index (χ2v) is 7.26. The fourth-order valence-corrected chi connectivity index (χ4v) is 4.00. The van der Waals surface area contributed by atoms with Gasteiger partial charge in [-0.3, -0.25) is 9.59 Å². The average Bonchev–Trinajstić information content (AvgIpc) is 2.68. The number of aromatic nitrogens is 1. The van der Waals surface area contributed by atoms with Crippen LogP contribution in [0.5, 0.6) is 0 Å². The second-order valence-electron chi connectivity index (χ2n) is 7.26. The van der Waals surface area contributed by atoms with E-state index in [0.717, 1.165) is 44.6 Å². The first-order valence-corrected chi connectivity index (χ1v) is 9.72. The molecule has 0 radical (unpaired) electrons. The highest BCUT2D eigenvalue weighted by Crippen LogP contribution is 2.27. The highest BCUT2D eigenvalue weighted by atomic mass is 16.5. The van der Waals surface area contributed by atoms with E-state index in [1.807, 2.05) is 24.1 Å². The molecule has 1 aromatic heterocycles. The number of anilines is 1. The molecule has 0 bridgehead atoms. The van der Waals surface area contributed by atoms with Crippen LogP contribution in [0, 0.1) is 18.8 Å². The van der Waals surface area contributed by atoms with E-state index in [-0.39, 0.29) is 23.7 Å². The Kier molecular flexibility index (Phi) is 6.12. The highest BCUT2D eigenvalue weighted by Gasteiger charge is 2.33. The Morgan fingerprint density at radius 2 is 1.77 bits per heavy atom. The van der Waals surface area contributed by atoms with E-state index >= 15 is 0 Å². The van der Waals surface area contributed by atoms with Crippen molar-refractivity contribution in [3.63, 3.8) is 0 Å². The van der Waals surface area contributed by atoms with Gasteiger partial charge in [-0.15, -0.1) is 0 Å². The van der Waals surface area contributed by atoms with Gasteiger partial charge in [-0.1, -0.05) is 6.07 Å². The summed E-state index contributed by atoms with van der Waals surface area (Å²) in [7, 11) is 0. The van der Waals surface area contributed by atoms with Crippen molar-refractivity contribution in [2.45, 2.75) is 39.5 Å². The maximum absolute atomic E-state index is 12.8. The summed E-state index contributed by atoms with van der Waals surface area (Å²) in [6, 6.07) is 4.03. The van der Waals surface area contributed by atoms with Gasteiger partial charge in [-0.05, 0) is 51.2 Å². The van der Waals surface area contributed by atoms with Gasteiger partial charge in [0.25, 0.3) is 0 Å². The zero-order valence-corrected chi connectivity index (χ0v) is 15.8. The van der Waals surface area contributed by atoms with Crippen LogP contribution < -0.4 is 4.90 Å². The van der Waals surface area contributed by atoms with Gasteiger partial charge < -0.3 is 14.5 Å². The Morgan fingerprint density at radius 3 is 2.38 bits per heavy atom. The van der Waals surface area contributed by atoms with Crippen molar-refractivity contribution in [1.29, 1.82) is 0 Å². The number of pyridine rings is 1. The Morgan fingerprint density at radius 1 is 1.12 bits per heavy atom. The van der Waals surface area contributed by atoms with Crippen LogP contribution in [0.2, 0.25) is 0 Å². The third-order valence-electron chi connectivity index (χ3n) is 5.55. The summed E-state index contributed by atoms with van der Waals surface area (Å²) in [6.45, 7) is 7.40. The van der Waals surface area contributed by atoms with E-state index in [2.05, 4.69) is 22.9 Å². The second kappa shape index (κ2) is 8.52. The molecule has 2 saturated heterocycles. The molecule has 0 atom stereocenters. The molecule has 2 aliphatic heterocycles. The molecule has 6 nitrogen and oxygen atoms in total. The molecule has 0 N–H and O–H groups in total. The number of ether oxygens (including phenoxy) is 1. The standard InChI is InChI=1S/C20H29N3O3/c1-3-26-20(25)17-8-13-23(14-9-17)19(24)16-6-11-22(12-7-16)18-15(2)5-4-10-21-18/h4-5,10,16-17H,3,6-9,11-14H2,1-2H3. The van der Waals surface area contributed by atoms with Gasteiger partial charge >= 0.3 is 5.97 Å². The van der Waals surface area contributed by atoms with Gasteiger partial charge in [-0.25, -0.2) is 4.98 Å². The van der Waals surface area contributed by atoms with Crippen LogP contribution in [0.15, 0.2) is 18.3 Å². The lowest BCUT2D eigenvalue weighted by Gasteiger charge is -2.37. The molecule has 0 aromatic carbocycles. The summed E-state index contributed by atoms with van der Waals surface area (Å²) in [5.41, 5.74) is 1.18. The Hall–Kier alpha value is -2.11. The number of carbonyl (C=O) groups excluding carboxylic acids is 2. The molecule has 0 spiro atoms. The number of esters is 1. The predicted molar refractivity (Wildman–Crippen MR) is 99.8 cm³/mol. The number of piperidine rings is 2. The molecule has 1 aromatic rings. The van der Waals surface area contributed by atoms with Crippen molar-refractivity contribution < 1.29 is 14.3 Å². The number of likely N-dealkylation sites (tertiary alicyclic amines) is 1. The number of aryl methyl sites for hydroxylation is 1. The maximum atomic E-state index is 12.8. The summed E-state index contributed by atoms with van der Waals surface area (Å²) in [4.78, 5) is 33.4. The van der Waals surface area contributed by atoms with Gasteiger partial charge in [0.15, 0.2) is 0 Å². The number of hydrogen-bond acceptors (Lipinski definition) is 5. The van der Waals surface area contributed by atoms with Crippen molar-refractivity contribution in [2.75, 3.05) is 37.7 Å². The normalized spacial score (nSPS) is 19.5. The number of hydrogen-bond donors (Lipinski definition) is 0. The van der Waals surface area contributed by atoms with Crippen molar-refractivity contribution in [3.8, 4) is 0 Å². The van der Waals surface area contributed by atoms with Crippen LogP contribution >= 0.6 is 0 Å². The topological polar surface area (TPSA) is 62.7 Å². The first-order valence-electron chi connectivity index (χ1n) is 9.72. The minimum Gasteiger partial charge on any atom is -0.466 e. The van der Waals surface area contributed by atoms with E-state index in [0.29, 0.717) is 19.7 Å². The van der Waals surface area contributed by atoms with Crippen molar-refractivity contribution in [2.24, 2.45) is 11.8 Å². The molecule has 6 heteroatoms. The van der Waals surface area contributed by atoms with E-state index in [1.165, 1.54) is 5.56 Å². The first-order chi connectivity index (χ1) is 12.6. The van der Waals surface area contributed by atoms with Gasteiger partial charge in [0.1, 0.15) is 5.82 Å². The van der Waals surface area contributed by atoms with E-state index in [4.69, 9.17) is 4.74 Å². The Bertz CT molecular complexity index is 633. The van der Waals surface area contributed by atoms with Gasteiger partial charge in [0.2, 0.25) is 5.91 Å². The van der Waals surface area contributed by atoms with Crippen LogP contribution in [-0.4, -0.2) is 54.5 Å². The molecule has 2 fully saturated rings. The molecule has 142 valence electrons. The van der Waals surface area contributed by atoms with E-state index in [1.54, 1.807) is 0 Å². The molecule has 0 unspecified atom stereocenters. The lowest BCUT2D eigenvalue weighted by molar-refractivity contribution is -0.151. The molecule has 26 heavy (non-hydrogen) atoms. The summed E-state index contributed by atoms with van der Waals surface area (Å²) in [6.07, 6.45) is 5.00. The van der Waals surface area contributed by atoms with Crippen LogP contribution in [0.4, 0.5) is 5.82 Å². The van der Waals surface area contributed by atoms with Gasteiger partial charge in [0, 0.05) is 38.3 Å². The van der Waals surface area contributed by atoms with Crippen LogP contribution in [-0.2, 0) is 14.3 Å². The number of amides is 1. The largest absolute Gasteiger partial charge is 0.466 e. The molecule has 2 aliphatic rings. The number of nitrogens with zero attached hydrogens (tertiary/aromatic N) is 3. The SMILES string of the molecule is CCOC(=O)C1CCN(C(=O)C2CCN(c3ncccc3C)CC2)CC1. The Labute approximate surface area is 155 Å². The van der Waals surface area contributed by atoms with E-state index < -0.39 is 0 Å². The first kappa shape index (κ1) is 18.7. The lowest BCUT2D eigenvalue weighted by atomic mass is 9.92. The molecule has 3 heterocycles. The van der Waals surface area contributed by atoms with Crippen molar-refractivity contribution in [1.82, 2.24) is 9.88 Å². The third-order valence-corrected chi connectivity index (χ3v) is 5.55. The van der Waals surface area contributed by atoms with E-state index in [9.17, 15) is 9.59 Å². The zero-order valence-electron chi connectivity index (χ0n) is 15.8. The van der Waals surface area contributed by atoms with Gasteiger partial charge in [-0.2, -0.15) is 0 Å². The molecule has 0 saturated carbocycles. The monoisotopic (exact) mass is 359 g/mol. The number of carbonyl (C=O) groups is 2. The fraction of sp³-hybridized carbons (Fsp3) is 0.650. The van der Waals surface area contributed by atoms with Gasteiger partial charge in [0.05, 0.1) is 12.5 Å². The van der Waals surface area contributed by atoms with Crippen molar-refractivity contribution in [3.05, 3.63) is 23.9 Å². The molecule has 1 amide bonds. The summed E-state index contributed by atoms with van der Waals surface area (Å²) >= 11 is 0. The summed E-state index contributed by atoms with van der Waals surface area (Å²) in [5.74, 6) is 1.22.